The fourth-order valence-corrected chi connectivity index (χ4v) is 3.81. The average molecular weight is 432 g/mol. The number of benzene rings is 1. The van der Waals surface area contributed by atoms with Crippen molar-refractivity contribution < 1.29 is 33.4 Å². The molecule has 1 aromatic carbocycles. The molecule has 1 N–H and O–H groups in total. The summed E-state index contributed by atoms with van der Waals surface area (Å²) in [7, 11) is 1.53. The number of carbonyl (C=O) groups is 4. The first-order valence-corrected chi connectivity index (χ1v) is 10.6. The van der Waals surface area contributed by atoms with Crippen LogP contribution in [-0.4, -0.2) is 61.0 Å². The Hall–Kier alpha value is -3.10. The molecule has 2 aliphatic rings. The second-order valence-electron chi connectivity index (χ2n) is 7.58. The minimum atomic E-state index is -0.902. The van der Waals surface area contributed by atoms with Crippen molar-refractivity contribution in [3.8, 4) is 11.5 Å². The lowest BCUT2D eigenvalue weighted by molar-refractivity contribution is -0.158. The largest absolute Gasteiger partial charge is 0.493 e. The molecule has 3 amide bonds. The fourth-order valence-electron chi connectivity index (χ4n) is 3.81. The molecule has 1 aromatic rings. The summed E-state index contributed by atoms with van der Waals surface area (Å²) in [5, 5.41) is 2.67. The van der Waals surface area contributed by atoms with Gasteiger partial charge in [-0.3, -0.25) is 24.1 Å². The van der Waals surface area contributed by atoms with E-state index in [9.17, 15) is 19.2 Å². The lowest BCUT2D eigenvalue weighted by atomic mass is 10.0. The van der Waals surface area contributed by atoms with Crippen molar-refractivity contribution in [3.05, 3.63) is 23.8 Å². The van der Waals surface area contributed by atoms with Crippen molar-refractivity contribution in [2.24, 2.45) is 0 Å². The molecule has 0 radical (unpaired) electrons. The van der Waals surface area contributed by atoms with Crippen LogP contribution in [-0.2, 0) is 19.1 Å². The van der Waals surface area contributed by atoms with Gasteiger partial charge in [-0.2, -0.15) is 0 Å². The molecule has 1 heterocycles. The minimum Gasteiger partial charge on any atom is -0.493 e. The molecule has 1 aliphatic carbocycles. The molecular formula is C22H28N2O7. The first-order chi connectivity index (χ1) is 14.9. The zero-order chi connectivity index (χ0) is 22.4. The standard InChI is InChI=1S/C22H28N2O7/c1-3-30-20(26)13-24-19(25)11-9-16(22(24)28)23-21(27)14-8-10-17(29-2)18(12-14)31-15-6-4-5-7-15/h8,10,12,15-16H,3-7,9,11,13H2,1-2H3,(H,23,27)/t16-/m0/s1. The maximum Gasteiger partial charge on any atom is 0.326 e. The highest BCUT2D eigenvalue weighted by Crippen LogP contribution is 2.32. The zero-order valence-electron chi connectivity index (χ0n) is 17.8. The Morgan fingerprint density at radius 2 is 1.87 bits per heavy atom. The Balaban J connectivity index is 1.69. The van der Waals surface area contributed by atoms with Gasteiger partial charge in [-0.15, -0.1) is 0 Å². The van der Waals surface area contributed by atoms with Crippen LogP contribution in [0.4, 0.5) is 0 Å². The van der Waals surface area contributed by atoms with Gasteiger partial charge in [-0.05, 0) is 57.2 Å². The molecule has 0 spiro atoms. The van der Waals surface area contributed by atoms with Crippen LogP contribution < -0.4 is 14.8 Å². The second kappa shape index (κ2) is 10.3. The molecule has 168 valence electrons. The Morgan fingerprint density at radius 3 is 2.55 bits per heavy atom. The summed E-state index contributed by atoms with van der Waals surface area (Å²) >= 11 is 0. The van der Waals surface area contributed by atoms with E-state index in [1.807, 2.05) is 0 Å². The maximum absolute atomic E-state index is 12.8. The highest BCUT2D eigenvalue weighted by Gasteiger charge is 2.36. The summed E-state index contributed by atoms with van der Waals surface area (Å²) in [5.41, 5.74) is 0.315. The lowest BCUT2D eigenvalue weighted by Crippen LogP contribution is -2.55. The smallest absolute Gasteiger partial charge is 0.326 e. The number of piperidine rings is 1. The van der Waals surface area contributed by atoms with Gasteiger partial charge in [0.1, 0.15) is 12.6 Å². The van der Waals surface area contributed by atoms with Crippen LogP contribution in [0.3, 0.4) is 0 Å². The minimum absolute atomic E-state index is 0.0503. The van der Waals surface area contributed by atoms with E-state index in [-0.39, 0.29) is 25.6 Å². The third-order valence-electron chi connectivity index (χ3n) is 5.43. The Bertz CT molecular complexity index is 848. The summed E-state index contributed by atoms with van der Waals surface area (Å²) in [6.45, 7) is 1.33. The molecule has 9 nitrogen and oxygen atoms in total. The van der Waals surface area contributed by atoms with E-state index < -0.39 is 36.3 Å². The van der Waals surface area contributed by atoms with Crippen molar-refractivity contribution >= 4 is 23.7 Å². The van der Waals surface area contributed by atoms with Crippen molar-refractivity contribution in [3.63, 3.8) is 0 Å². The molecule has 1 aliphatic heterocycles. The van der Waals surface area contributed by atoms with Gasteiger partial charge in [0.15, 0.2) is 11.5 Å². The summed E-state index contributed by atoms with van der Waals surface area (Å²) in [5.74, 6) is -1.20. The van der Waals surface area contributed by atoms with Crippen LogP contribution in [0.1, 0.15) is 55.8 Å². The Labute approximate surface area is 181 Å². The molecule has 2 fully saturated rings. The third-order valence-corrected chi connectivity index (χ3v) is 5.43. The van der Waals surface area contributed by atoms with Crippen molar-refractivity contribution in [1.29, 1.82) is 0 Å². The number of methoxy groups -OCH3 is 1. The van der Waals surface area contributed by atoms with E-state index in [1.165, 1.54) is 7.11 Å². The molecule has 0 aromatic heterocycles. The number of hydrogen-bond donors (Lipinski definition) is 1. The predicted octanol–water partition coefficient (Wildman–Crippen LogP) is 1.83. The Kier molecular flexibility index (Phi) is 7.49. The van der Waals surface area contributed by atoms with Crippen LogP contribution in [0.5, 0.6) is 11.5 Å². The third kappa shape index (κ3) is 5.53. The zero-order valence-corrected chi connectivity index (χ0v) is 17.8. The summed E-state index contributed by atoms with van der Waals surface area (Å²) in [4.78, 5) is 50.1. The summed E-state index contributed by atoms with van der Waals surface area (Å²) in [6, 6.07) is 3.94. The van der Waals surface area contributed by atoms with Gasteiger partial charge >= 0.3 is 5.97 Å². The summed E-state index contributed by atoms with van der Waals surface area (Å²) < 4.78 is 16.2. The maximum atomic E-state index is 12.8. The van der Waals surface area contributed by atoms with Crippen LogP contribution in [0.25, 0.3) is 0 Å². The molecule has 1 saturated carbocycles. The molecule has 31 heavy (non-hydrogen) atoms. The lowest BCUT2D eigenvalue weighted by Gasteiger charge is -2.30. The predicted molar refractivity (Wildman–Crippen MR) is 110 cm³/mol. The normalized spacial score (nSPS) is 19.3. The van der Waals surface area contributed by atoms with Gasteiger partial charge in [-0.1, -0.05) is 0 Å². The fraction of sp³-hybridized carbons (Fsp3) is 0.545. The number of likely N-dealkylation sites (tertiary alicyclic amines) is 1. The molecule has 1 saturated heterocycles. The first kappa shape index (κ1) is 22.6. The quantitative estimate of drug-likeness (QED) is 0.493. The van der Waals surface area contributed by atoms with Crippen LogP contribution in [0, 0.1) is 0 Å². The van der Waals surface area contributed by atoms with E-state index in [1.54, 1.807) is 25.1 Å². The molecule has 0 bridgehead atoms. The number of rotatable bonds is 8. The molecular weight excluding hydrogens is 404 g/mol. The second-order valence-corrected chi connectivity index (χ2v) is 7.58. The molecule has 0 unspecified atom stereocenters. The van der Waals surface area contributed by atoms with E-state index in [2.05, 4.69) is 5.32 Å². The van der Waals surface area contributed by atoms with Crippen molar-refractivity contribution in [2.45, 2.75) is 57.6 Å². The van der Waals surface area contributed by atoms with Crippen LogP contribution >= 0.6 is 0 Å². The number of nitrogens with one attached hydrogen (secondary N) is 1. The van der Waals surface area contributed by atoms with Crippen molar-refractivity contribution in [1.82, 2.24) is 10.2 Å². The van der Waals surface area contributed by atoms with E-state index in [4.69, 9.17) is 14.2 Å². The van der Waals surface area contributed by atoms with Crippen molar-refractivity contribution in [2.75, 3.05) is 20.3 Å². The Morgan fingerprint density at radius 1 is 1.13 bits per heavy atom. The van der Waals surface area contributed by atoms with E-state index in [0.717, 1.165) is 30.6 Å². The van der Waals surface area contributed by atoms with Gasteiger partial charge in [-0.25, -0.2) is 0 Å². The van der Waals surface area contributed by atoms with Gasteiger partial charge in [0.05, 0.1) is 19.8 Å². The monoisotopic (exact) mass is 432 g/mol. The summed E-state index contributed by atoms with van der Waals surface area (Å²) in [6.07, 6.45) is 4.45. The number of amides is 3. The average Bonchev–Trinajstić information content (AvgIpc) is 3.26. The van der Waals surface area contributed by atoms with E-state index >= 15 is 0 Å². The van der Waals surface area contributed by atoms with Crippen LogP contribution in [0.2, 0.25) is 0 Å². The molecule has 1 atom stereocenters. The number of esters is 1. The number of nitrogens with zero attached hydrogens (tertiary/aromatic N) is 1. The molecule has 3 rings (SSSR count). The number of carbonyl (C=O) groups excluding carboxylic acids is 4. The first-order valence-electron chi connectivity index (χ1n) is 10.6. The SMILES string of the molecule is CCOC(=O)CN1C(=O)CC[C@H](NC(=O)c2ccc(OC)c(OC3CCCC3)c2)C1=O. The van der Waals surface area contributed by atoms with Gasteiger partial charge in [0.2, 0.25) is 5.91 Å². The highest BCUT2D eigenvalue weighted by molar-refractivity contribution is 6.05. The number of ether oxygens (including phenoxy) is 3. The highest BCUT2D eigenvalue weighted by atomic mass is 16.5. The van der Waals surface area contributed by atoms with E-state index in [0.29, 0.717) is 17.1 Å². The van der Waals surface area contributed by atoms with Crippen LogP contribution in [0.15, 0.2) is 18.2 Å². The topological polar surface area (TPSA) is 111 Å². The number of imide groups is 1. The van der Waals surface area contributed by atoms with Gasteiger partial charge in [0.25, 0.3) is 11.8 Å². The number of hydrogen-bond acceptors (Lipinski definition) is 7. The van der Waals surface area contributed by atoms with Gasteiger partial charge in [0, 0.05) is 12.0 Å². The molecule has 9 heteroatoms. The van der Waals surface area contributed by atoms with Gasteiger partial charge < -0.3 is 19.5 Å².